The summed E-state index contributed by atoms with van der Waals surface area (Å²) in [4.78, 5) is 12.5. The Morgan fingerprint density at radius 2 is 1.45 bits per heavy atom. The number of esters is 1. The molecule has 3 rings (SSSR count). The smallest absolute Gasteiger partial charge is 0.456 e. The normalized spacial score (nSPS) is 13.6. The molecule has 0 aliphatic carbocycles. The molecule has 0 amide bonds. The summed E-state index contributed by atoms with van der Waals surface area (Å²) >= 11 is 6.12. The third-order valence-corrected chi connectivity index (χ3v) is 5.98. The van der Waals surface area contributed by atoms with Crippen molar-refractivity contribution in [2.75, 3.05) is 0 Å². The number of halogens is 4. The number of benzene rings is 3. The van der Waals surface area contributed by atoms with Crippen LogP contribution in [0.25, 0.3) is 0 Å². The van der Waals surface area contributed by atoms with Gasteiger partial charge in [0.2, 0.25) is 0 Å². The van der Waals surface area contributed by atoms with Crippen molar-refractivity contribution in [3.05, 3.63) is 100 Å². The molecule has 38 heavy (non-hydrogen) atoms. The second-order valence-corrected chi connectivity index (χ2v) is 10.4. The molecule has 204 valence electrons. The molecule has 0 bridgehead atoms. The van der Waals surface area contributed by atoms with Gasteiger partial charge in [-0.3, -0.25) is 0 Å². The van der Waals surface area contributed by atoms with Crippen LogP contribution in [0, 0.1) is 0 Å². The molecule has 0 saturated carbocycles. The number of carbonyl (C=O) groups excluding carboxylic acids is 1. The molecule has 0 fully saturated rings. The lowest BCUT2D eigenvalue weighted by Gasteiger charge is -2.29. The zero-order valence-electron chi connectivity index (χ0n) is 21.8. The topological polar surface area (TPSA) is 44.8 Å². The van der Waals surface area contributed by atoms with Crippen LogP contribution >= 0.6 is 11.6 Å². The van der Waals surface area contributed by atoms with Crippen molar-refractivity contribution in [2.45, 2.75) is 71.1 Å². The van der Waals surface area contributed by atoms with Gasteiger partial charge in [0.1, 0.15) is 11.4 Å². The number of ether oxygens (including phenoxy) is 3. The van der Waals surface area contributed by atoms with Gasteiger partial charge in [-0.1, -0.05) is 61.3 Å². The third kappa shape index (κ3) is 9.07. The minimum absolute atomic E-state index is 0.0540. The molecule has 0 aliphatic rings. The monoisotopic (exact) mass is 548 g/mol. The van der Waals surface area contributed by atoms with Crippen molar-refractivity contribution < 1.29 is 32.2 Å². The van der Waals surface area contributed by atoms with Crippen LogP contribution in [0.1, 0.15) is 79.6 Å². The number of hydrogen-bond acceptors (Lipinski definition) is 4. The summed E-state index contributed by atoms with van der Waals surface area (Å²) in [5.74, 6) is -0.731. The predicted octanol–water partition coefficient (Wildman–Crippen LogP) is 9.04. The van der Waals surface area contributed by atoms with Gasteiger partial charge in [-0.15, -0.1) is 13.2 Å². The fraction of sp³-hybridized carbons (Fsp3) is 0.367. The van der Waals surface area contributed by atoms with Crippen molar-refractivity contribution in [2.24, 2.45) is 0 Å². The average Bonchev–Trinajstić information content (AvgIpc) is 2.83. The number of alkyl halides is 3. The van der Waals surface area contributed by atoms with Gasteiger partial charge in [0.15, 0.2) is 0 Å². The zero-order chi connectivity index (χ0) is 27.9. The van der Waals surface area contributed by atoms with Gasteiger partial charge in [0, 0.05) is 10.9 Å². The summed E-state index contributed by atoms with van der Waals surface area (Å²) in [5, 5.41) is 0.599. The van der Waals surface area contributed by atoms with E-state index in [1.54, 1.807) is 36.4 Å². The van der Waals surface area contributed by atoms with E-state index in [4.69, 9.17) is 21.1 Å². The maximum Gasteiger partial charge on any atom is 0.573 e. The van der Waals surface area contributed by atoms with Crippen LogP contribution in [0.3, 0.4) is 0 Å². The summed E-state index contributed by atoms with van der Waals surface area (Å²) in [6.07, 6.45) is -3.43. The van der Waals surface area contributed by atoms with Gasteiger partial charge in [-0.25, -0.2) is 4.79 Å². The fourth-order valence-corrected chi connectivity index (χ4v) is 4.20. The number of carbonyl (C=O) groups is 1. The fourth-order valence-electron chi connectivity index (χ4n) is 4.08. The predicted molar refractivity (Wildman–Crippen MR) is 141 cm³/mol. The summed E-state index contributed by atoms with van der Waals surface area (Å²) < 4.78 is 53.3. The van der Waals surface area contributed by atoms with Gasteiger partial charge in [0.05, 0.1) is 18.3 Å². The van der Waals surface area contributed by atoms with Gasteiger partial charge < -0.3 is 14.2 Å². The van der Waals surface area contributed by atoms with E-state index in [0.29, 0.717) is 16.1 Å². The molecule has 0 unspecified atom stereocenters. The summed E-state index contributed by atoms with van der Waals surface area (Å²) in [5.41, 5.74) is 2.48. The second-order valence-electron chi connectivity index (χ2n) is 9.99. The largest absolute Gasteiger partial charge is 0.573 e. The van der Waals surface area contributed by atoms with E-state index in [9.17, 15) is 18.0 Å². The minimum atomic E-state index is -4.75. The second kappa shape index (κ2) is 12.7. The van der Waals surface area contributed by atoms with E-state index in [0.717, 1.165) is 24.0 Å². The number of hydrogen-bond donors (Lipinski definition) is 0. The highest BCUT2D eigenvalue weighted by molar-refractivity contribution is 6.30. The summed E-state index contributed by atoms with van der Waals surface area (Å²) in [7, 11) is 0. The molecular weight excluding hydrogens is 517 g/mol. The highest BCUT2D eigenvalue weighted by Gasteiger charge is 2.31. The quantitative estimate of drug-likeness (QED) is 0.237. The Kier molecular flexibility index (Phi) is 9.85. The van der Waals surface area contributed by atoms with Crippen LogP contribution in [-0.4, -0.2) is 17.9 Å². The first-order chi connectivity index (χ1) is 17.8. The molecule has 8 heteroatoms. The van der Waals surface area contributed by atoms with Crippen LogP contribution in [-0.2, 0) is 16.1 Å². The van der Waals surface area contributed by atoms with Crippen molar-refractivity contribution in [1.82, 2.24) is 0 Å². The molecule has 0 aromatic heterocycles. The molecular formula is C30H32ClF3O4. The van der Waals surface area contributed by atoms with Crippen LogP contribution in [0.4, 0.5) is 13.2 Å². The summed E-state index contributed by atoms with van der Waals surface area (Å²) in [6.45, 7) is 7.72. The van der Waals surface area contributed by atoms with E-state index >= 15 is 0 Å². The van der Waals surface area contributed by atoms with Crippen molar-refractivity contribution in [3.63, 3.8) is 0 Å². The van der Waals surface area contributed by atoms with Crippen LogP contribution in [0.2, 0.25) is 5.02 Å². The van der Waals surface area contributed by atoms with Crippen molar-refractivity contribution >= 4 is 17.6 Å². The Bertz CT molecular complexity index is 1170. The minimum Gasteiger partial charge on any atom is -0.456 e. The molecule has 0 radical (unpaired) electrons. The summed E-state index contributed by atoms with van der Waals surface area (Å²) in [6, 6.07) is 20.4. The standard InChI is InChI=1S/C30H32ClF3O4/c1-5-6-26(21-9-11-23(12-10-21)28(35)38-29(2,3)4)27(22-13-15-24(31)16-14-22)36-19-20-7-17-25(18-8-20)37-30(32,33)34/h7-18,26-27H,5-6,19H2,1-4H3/t26-,27+/m1/s1. The van der Waals surface area contributed by atoms with Crippen LogP contribution in [0.5, 0.6) is 5.75 Å². The first-order valence-corrected chi connectivity index (χ1v) is 12.8. The highest BCUT2D eigenvalue weighted by atomic mass is 35.5. The van der Waals surface area contributed by atoms with Crippen LogP contribution in [0.15, 0.2) is 72.8 Å². The molecule has 0 spiro atoms. The van der Waals surface area contributed by atoms with Crippen molar-refractivity contribution in [1.29, 1.82) is 0 Å². The van der Waals surface area contributed by atoms with Gasteiger partial charge in [0.25, 0.3) is 0 Å². The Balaban J connectivity index is 1.85. The third-order valence-electron chi connectivity index (χ3n) is 5.72. The maximum absolute atomic E-state index is 12.5. The van der Waals surface area contributed by atoms with E-state index in [1.807, 2.05) is 45.0 Å². The molecule has 4 nitrogen and oxygen atoms in total. The lowest BCUT2D eigenvalue weighted by atomic mass is 9.85. The van der Waals surface area contributed by atoms with Gasteiger partial charge in [-0.2, -0.15) is 0 Å². The van der Waals surface area contributed by atoms with Gasteiger partial charge in [-0.05, 0) is 80.3 Å². The molecule has 3 aromatic rings. The maximum atomic E-state index is 12.5. The average molecular weight is 549 g/mol. The molecule has 0 aliphatic heterocycles. The van der Waals surface area contributed by atoms with E-state index in [2.05, 4.69) is 11.7 Å². The lowest BCUT2D eigenvalue weighted by molar-refractivity contribution is -0.274. The molecule has 0 N–H and O–H groups in total. The highest BCUT2D eigenvalue weighted by Crippen LogP contribution is 2.39. The van der Waals surface area contributed by atoms with E-state index in [1.165, 1.54) is 12.1 Å². The van der Waals surface area contributed by atoms with Gasteiger partial charge >= 0.3 is 12.3 Å². The molecule has 2 atom stereocenters. The van der Waals surface area contributed by atoms with E-state index in [-0.39, 0.29) is 30.3 Å². The Morgan fingerprint density at radius 1 is 0.868 bits per heavy atom. The number of rotatable bonds is 10. The van der Waals surface area contributed by atoms with Crippen molar-refractivity contribution in [3.8, 4) is 5.75 Å². The Labute approximate surface area is 226 Å². The zero-order valence-corrected chi connectivity index (χ0v) is 22.6. The molecule has 3 aromatic carbocycles. The van der Waals surface area contributed by atoms with E-state index < -0.39 is 12.0 Å². The van der Waals surface area contributed by atoms with Crippen LogP contribution < -0.4 is 4.74 Å². The Morgan fingerprint density at radius 3 is 1.97 bits per heavy atom. The Hall–Kier alpha value is -3.03. The first-order valence-electron chi connectivity index (χ1n) is 12.4. The molecule has 0 heterocycles. The first kappa shape index (κ1) is 29.5. The SMILES string of the molecule is CCC[C@H](c1ccc(C(=O)OC(C)(C)C)cc1)[C@@H](OCc1ccc(OC(F)(F)F)cc1)c1ccc(Cl)cc1. The molecule has 0 saturated heterocycles. The lowest BCUT2D eigenvalue weighted by Crippen LogP contribution is -2.24.